The SMILES string of the molecule is CCCC(Cl)c1noc(C2(C)CCCCC2)n1. The van der Waals surface area contributed by atoms with Crippen LogP contribution in [0.4, 0.5) is 0 Å². The minimum atomic E-state index is -0.107. The van der Waals surface area contributed by atoms with E-state index in [1.807, 2.05) is 0 Å². The number of nitrogens with zero attached hydrogens (tertiary/aromatic N) is 2. The van der Waals surface area contributed by atoms with Crippen molar-refractivity contribution in [1.82, 2.24) is 10.1 Å². The predicted molar refractivity (Wildman–Crippen MR) is 68.2 cm³/mol. The van der Waals surface area contributed by atoms with Crippen LogP contribution in [-0.4, -0.2) is 10.1 Å². The van der Waals surface area contributed by atoms with Crippen LogP contribution in [0.1, 0.15) is 75.9 Å². The second-order valence-corrected chi connectivity index (χ2v) is 5.86. The maximum Gasteiger partial charge on any atom is 0.232 e. The summed E-state index contributed by atoms with van der Waals surface area (Å²) in [6, 6.07) is 0. The van der Waals surface area contributed by atoms with Gasteiger partial charge in [-0.2, -0.15) is 4.98 Å². The van der Waals surface area contributed by atoms with Gasteiger partial charge in [0.25, 0.3) is 0 Å². The first-order valence-corrected chi connectivity index (χ1v) is 7.07. The maximum atomic E-state index is 6.22. The fourth-order valence-corrected chi connectivity index (χ4v) is 2.84. The van der Waals surface area contributed by atoms with Crippen molar-refractivity contribution in [2.24, 2.45) is 0 Å². The molecule has 0 aromatic carbocycles. The van der Waals surface area contributed by atoms with E-state index in [-0.39, 0.29) is 10.8 Å². The molecule has 1 aliphatic rings. The lowest BCUT2D eigenvalue weighted by molar-refractivity contribution is 0.231. The molecule has 1 atom stereocenters. The molecule has 1 fully saturated rings. The fourth-order valence-electron chi connectivity index (χ4n) is 2.54. The summed E-state index contributed by atoms with van der Waals surface area (Å²) < 4.78 is 5.43. The summed E-state index contributed by atoms with van der Waals surface area (Å²) in [5.74, 6) is 1.45. The van der Waals surface area contributed by atoms with Crippen molar-refractivity contribution in [2.45, 2.75) is 69.6 Å². The molecule has 0 spiro atoms. The number of halogens is 1. The van der Waals surface area contributed by atoms with Crippen LogP contribution in [0.15, 0.2) is 4.52 Å². The second kappa shape index (κ2) is 5.38. The van der Waals surface area contributed by atoms with Crippen molar-refractivity contribution in [1.29, 1.82) is 0 Å². The van der Waals surface area contributed by atoms with Crippen LogP contribution in [0.5, 0.6) is 0 Å². The van der Waals surface area contributed by atoms with Crippen LogP contribution >= 0.6 is 11.6 Å². The molecular formula is C13H21ClN2O. The Balaban J connectivity index is 2.11. The number of rotatable bonds is 4. The number of alkyl halides is 1. The van der Waals surface area contributed by atoms with Crippen molar-refractivity contribution in [3.63, 3.8) is 0 Å². The molecule has 17 heavy (non-hydrogen) atoms. The second-order valence-electron chi connectivity index (χ2n) is 5.34. The zero-order chi connectivity index (χ0) is 12.3. The Morgan fingerprint density at radius 1 is 1.35 bits per heavy atom. The van der Waals surface area contributed by atoms with Gasteiger partial charge in [-0.05, 0) is 19.3 Å². The van der Waals surface area contributed by atoms with Crippen molar-refractivity contribution in [3.05, 3.63) is 11.7 Å². The summed E-state index contributed by atoms with van der Waals surface area (Å²) in [5.41, 5.74) is 0.0757. The van der Waals surface area contributed by atoms with E-state index in [1.54, 1.807) is 0 Å². The van der Waals surface area contributed by atoms with Crippen LogP contribution in [-0.2, 0) is 5.41 Å². The van der Waals surface area contributed by atoms with Crippen molar-refractivity contribution >= 4 is 11.6 Å². The van der Waals surface area contributed by atoms with Gasteiger partial charge in [-0.1, -0.05) is 44.7 Å². The minimum Gasteiger partial charge on any atom is -0.339 e. The number of aromatic nitrogens is 2. The molecule has 4 heteroatoms. The normalized spacial score (nSPS) is 21.4. The van der Waals surface area contributed by atoms with E-state index in [4.69, 9.17) is 16.1 Å². The highest BCUT2D eigenvalue weighted by molar-refractivity contribution is 6.20. The molecule has 0 amide bonds. The lowest BCUT2D eigenvalue weighted by atomic mass is 9.75. The smallest absolute Gasteiger partial charge is 0.232 e. The van der Waals surface area contributed by atoms with Gasteiger partial charge in [0.05, 0.1) is 5.38 Å². The molecule has 1 aromatic rings. The topological polar surface area (TPSA) is 38.9 Å². The van der Waals surface area contributed by atoms with Gasteiger partial charge in [-0.3, -0.25) is 0 Å². The van der Waals surface area contributed by atoms with Crippen molar-refractivity contribution in [2.75, 3.05) is 0 Å². The molecule has 1 aliphatic carbocycles. The third-order valence-corrected chi connectivity index (χ3v) is 4.15. The molecular weight excluding hydrogens is 236 g/mol. The van der Waals surface area contributed by atoms with E-state index in [0.29, 0.717) is 5.82 Å². The van der Waals surface area contributed by atoms with Crippen molar-refractivity contribution < 1.29 is 4.52 Å². The zero-order valence-corrected chi connectivity index (χ0v) is 11.5. The van der Waals surface area contributed by atoms with Crippen LogP contribution in [0.3, 0.4) is 0 Å². The van der Waals surface area contributed by atoms with Crippen LogP contribution in [0, 0.1) is 0 Å². The molecule has 0 bridgehead atoms. The Hall–Kier alpha value is -0.570. The molecule has 0 N–H and O–H groups in total. The summed E-state index contributed by atoms with van der Waals surface area (Å²) in [4.78, 5) is 4.51. The van der Waals surface area contributed by atoms with Crippen LogP contribution < -0.4 is 0 Å². The van der Waals surface area contributed by atoms with Gasteiger partial charge in [0.1, 0.15) is 0 Å². The third kappa shape index (κ3) is 2.82. The summed E-state index contributed by atoms with van der Waals surface area (Å²) in [5, 5.41) is 3.93. The van der Waals surface area contributed by atoms with Gasteiger partial charge in [-0.15, -0.1) is 11.6 Å². The highest BCUT2D eigenvalue weighted by Crippen LogP contribution is 2.38. The Bertz CT molecular complexity index is 358. The highest BCUT2D eigenvalue weighted by Gasteiger charge is 2.34. The van der Waals surface area contributed by atoms with Crippen LogP contribution in [0.25, 0.3) is 0 Å². The van der Waals surface area contributed by atoms with Gasteiger partial charge >= 0.3 is 0 Å². The Kier molecular flexibility index (Phi) is 4.08. The Morgan fingerprint density at radius 2 is 2.06 bits per heavy atom. The van der Waals surface area contributed by atoms with E-state index in [1.165, 1.54) is 19.3 Å². The van der Waals surface area contributed by atoms with Crippen LogP contribution in [0.2, 0.25) is 0 Å². The maximum absolute atomic E-state index is 6.22. The van der Waals surface area contributed by atoms with Gasteiger partial charge in [0, 0.05) is 5.41 Å². The first-order chi connectivity index (χ1) is 8.15. The molecule has 1 aromatic heterocycles. The third-order valence-electron chi connectivity index (χ3n) is 3.74. The summed E-state index contributed by atoms with van der Waals surface area (Å²) in [6.07, 6.45) is 8.07. The summed E-state index contributed by atoms with van der Waals surface area (Å²) >= 11 is 6.22. The number of hydrogen-bond donors (Lipinski definition) is 0. The lowest BCUT2D eigenvalue weighted by Crippen LogP contribution is -2.25. The molecule has 1 saturated carbocycles. The fraction of sp³-hybridized carbons (Fsp3) is 0.846. The molecule has 3 nitrogen and oxygen atoms in total. The van der Waals surface area contributed by atoms with E-state index in [2.05, 4.69) is 24.0 Å². The predicted octanol–water partition coefficient (Wildman–Crippen LogP) is 4.37. The molecule has 0 radical (unpaired) electrons. The molecule has 0 aliphatic heterocycles. The van der Waals surface area contributed by atoms with E-state index in [0.717, 1.165) is 31.6 Å². The molecule has 1 heterocycles. The average molecular weight is 257 g/mol. The number of hydrogen-bond acceptors (Lipinski definition) is 3. The van der Waals surface area contributed by atoms with E-state index in [9.17, 15) is 0 Å². The Labute approximate surface area is 108 Å². The van der Waals surface area contributed by atoms with E-state index < -0.39 is 0 Å². The van der Waals surface area contributed by atoms with Gasteiger partial charge < -0.3 is 4.52 Å². The monoisotopic (exact) mass is 256 g/mol. The minimum absolute atomic E-state index is 0.0757. The molecule has 96 valence electrons. The quantitative estimate of drug-likeness (QED) is 0.751. The standard InChI is InChI=1S/C13H21ClN2O/c1-3-7-10(14)11-15-12(17-16-11)13(2)8-5-4-6-9-13/h10H,3-9H2,1-2H3. The zero-order valence-electron chi connectivity index (χ0n) is 10.7. The van der Waals surface area contributed by atoms with Crippen molar-refractivity contribution in [3.8, 4) is 0 Å². The first-order valence-electron chi connectivity index (χ1n) is 6.64. The largest absolute Gasteiger partial charge is 0.339 e. The first kappa shape index (κ1) is 12.9. The highest BCUT2D eigenvalue weighted by atomic mass is 35.5. The van der Waals surface area contributed by atoms with Gasteiger partial charge in [0.2, 0.25) is 5.89 Å². The van der Waals surface area contributed by atoms with Gasteiger partial charge in [-0.25, -0.2) is 0 Å². The van der Waals surface area contributed by atoms with Gasteiger partial charge in [0.15, 0.2) is 5.82 Å². The summed E-state index contributed by atoms with van der Waals surface area (Å²) in [7, 11) is 0. The molecule has 1 unspecified atom stereocenters. The summed E-state index contributed by atoms with van der Waals surface area (Å²) in [6.45, 7) is 4.34. The average Bonchev–Trinajstić information content (AvgIpc) is 2.80. The molecule has 2 rings (SSSR count). The van der Waals surface area contributed by atoms with E-state index >= 15 is 0 Å². The molecule has 0 saturated heterocycles. The lowest BCUT2D eigenvalue weighted by Gasteiger charge is -2.29. The Morgan fingerprint density at radius 3 is 2.71 bits per heavy atom.